The molecule has 0 N–H and O–H groups in total. The molecule has 0 spiro atoms. The summed E-state index contributed by atoms with van der Waals surface area (Å²) in [4.78, 5) is 0. The standard InChI is InChI=1S/C13H9.C5H5.2ClH.Hf/c1-3-7-12-10(5-1)9-11-6-2-4-8-13(11)12;1-2-4-5-3-1;;;/h1-9H;1-5H;2*1H;/q;;;;+2/p-2. The molecule has 4 rings (SSSR count). The van der Waals surface area contributed by atoms with E-state index in [1.165, 1.54) is 22.3 Å². The molecule has 0 heterocycles. The molecule has 0 saturated heterocycles. The molecule has 0 unspecified atom stereocenters. The minimum absolute atomic E-state index is 0.214. The zero-order valence-corrected chi connectivity index (χ0v) is 16.4. The van der Waals surface area contributed by atoms with Crippen molar-refractivity contribution in [2.45, 2.75) is 7.35 Å². The number of allylic oxidation sites excluding steroid dienone is 4. The van der Waals surface area contributed by atoms with Crippen LogP contribution in [0.4, 0.5) is 0 Å². The van der Waals surface area contributed by atoms with E-state index in [2.05, 4.69) is 72.8 Å². The van der Waals surface area contributed by atoms with Gasteiger partial charge in [0, 0.05) is 0 Å². The minimum atomic E-state index is -3.58. The molecule has 0 radical (unpaired) electrons. The molecule has 2 aromatic rings. The Labute approximate surface area is 136 Å². The molecule has 104 valence electrons. The second-order valence-electron chi connectivity index (χ2n) is 5.58. The Morgan fingerprint density at radius 3 is 1.71 bits per heavy atom. The van der Waals surface area contributed by atoms with Crippen molar-refractivity contribution in [1.29, 1.82) is 0 Å². The Balaban J connectivity index is 1.93. The van der Waals surface area contributed by atoms with Crippen molar-refractivity contribution in [1.82, 2.24) is 0 Å². The van der Waals surface area contributed by atoms with Gasteiger partial charge in [-0.15, -0.1) is 0 Å². The Kier molecular flexibility index (Phi) is 3.48. The third-order valence-corrected chi connectivity index (χ3v) is 21.7. The summed E-state index contributed by atoms with van der Waals surface area (Å²) in [6.07, 6.45) is 8.48. The average Bonchev–Trinajstić information content (AvgIpc) is 3.14. The van der Waals surface area contributed by atoms with Crippen molar-refractivity contribution in [3.05, 3.63) is 84.0 Å². The molecule has 0 aromatic heterocycles. The molecule has 0 amide bonds. The summed E-state index contributed by atoms with van der Waals surface area (Å²) in [7, 11) is 14.2. The van der Waals surface area contributed by atoms with Crippen molar-refractivity contribution < 1.29 is 17.6 Å². The van der Waals surface area contributed by atoms with Crippen LogP contribution in [0.1, 0.15) is 14.8 Å². The average molecular weight is 480 g/mol. The van der Waals surface area contributed by atoms with E-state index in [0.29, 0.717) is 0 Å². The van der Waals surface area contributed by atoms with E-state index >= 15 is 0 Å². The number of halogens is 2. The zero-order chi connectivity index (χ0) is 14.4. The molecule has 0 nitrogen and oxygen atoms in total. The molecular weight excluding hydrogens is 466 g/mol. The molecule has 0 bridgehead atoms. The molecule has 2 aromatic carbocycles. The number of hydrogen-bond donors (Lipinski definition) is 0. The molecule has 2 aliphatic rings. The Bertz CT molecular complexity index is 704. The van der Waals surface area contributed by atoms with Crippen LogP contribution in [0, 0.1) is 0 Å². The summed E-state index contributed by atoms with van der Waals surface area (Å²) in [5.74, 6) is 0. The van der Waals surface area contributed by atoms with Crippen molar-refractivity contribution in [2.24, 2.45) is 0 Å². The van der Waals surface area contributed by atoms with Gasteiger partial charge in [0.05, 0.1) is 0 Å². The van der Waals surface area contributed by atoms with Crippen LogP contribution in [0.3, 0.4) is 0 Å². The van der Waals surface area contributed by atoms with Gasteiger partial charge in [0.2, 0.25) is 0 Å². The van der Waals surface area contributed by atoms with Crippen LogP contribution < -0.4 is 0 Å². The number of hydrogen-bond acceptors (Lipinski definition) is 0. The number of rotatable bonds is 2. The van der Waals surface area contributed by atoms with E-state index in [1.807, 2.05) is 0 Å². The van der Waals surface area contributed by atoms with Crippen LogP contribution >= 0.6 is 17.2 Å². The van der Waals surface area contributed by atoms with Crippen molar-refractivity contribution in [3.63, 3.8) is 0 Å². The van der Waals surface area contributed by atoms with Gasteiger partial charge in [-0.05, 0) is 0 Å². The summed E-state index contributed by atoms with van der Waals surface area (Å²) in [5.41, 5.74) is 5.24. The van der Waals surface area contributed by atoms with Crippen molar-refractivity contribution >= 4 is 17.2 Å². The van der Waals surface area contributed by atoms with E-state index in [1.54, 1.807) is 0 Å². The fourth-order valence-electron chi connectivity index (χ4n) is 3.45. The summed E-state index contributed by atoms with van der Waals surface area (Å²) < 4.78 is 0.468. The van der Waals surface area contributed by atoms with E-state index in [4.69, 9.17) is 17.2 Å². The summed E-state index contributed by atoms with van der Waals surface area (Å²) in [5, 5.41) is 0. The first-order valence-corrected chi connectivity index (χ1v) is 20.2. The molecular formula is C18H14Cl2Hf. The van der Waals surface area contributed by atoms with Crippen molar-refractivity contribution in [3.8, 4) is 11.1 Å². The monoisotopic (exact) mass is 480 g/mol. The summed E-state index contributed by atoms with van der Waals surface area (Å²) in [6.45, 7) is 0. The predicted molar refractivity (Wildman–Crippen MR) is 87.5 cm³/mol. The van der Waals surface area contributed by atoms with Gasteiger partial charge in [-0.25, -0.2) is 0 Å². The summed E-state index contributed by atoms with van der Waals surface area (Å²) >= 11 is -3.58. The topological polar surface area (TPSA) is 0 Å². The van der Waals surface area contributed by atoms with Gasteiger partial charge in [0.1, 0.15) is 0 Å². The molecule has 0 aliphatic heterocycles. The third-order valence-electron chi connectivity index (χ3n) is 4.41. The third kappa shape index (κ3) is 2.13. The van der Waals surface area contributed by atoms with Crippen LogP contribution in [-0.4, -0.2) is 0 Å². The number of benzene rings is 2. The quantitative estimate of drug-likeness (QED) is 0.455. The van der Waals surface area contributed by atoms with E-state index in [-0.39, 0.29) is 7.35 Å². The van der Waals surface area contributed by atoms with Crippen LogP contribution in [0.15, 0.2) is 72.8 Å². The first-order chi connectivity index (χ1) is 10.2. The van der Waals surface area contributed by atoms with Gasteiger partial charge < -0.3 is 0 Å². The second kappa shape index (κ2) is 5.22. The fourth-order valence-corrected chi connectivity index (χ4v) is 18.5. The second-order valence-corrected chi connectivity index (χ2v) is 26.7. The zero-order valence-electron chi connectivity index (χ0n) is 11.3. The maximum atomic E-state index is 7.09. The predicted octanol–water partition coefficient (Wildman–Crippen LogP) is 6.13. The van der Waals surface area contributed by atoms with Gasteiger partial charge in [0.25, 0.3) is 0 Å². The molecule has 0 fully saturated rings. The van der Waals surface area contributed by atoms with Crippen LogP contribution in [0.5, 0.6) is 0 Å². The van der Waals surface area contributed by atoms with E-state index in [9.17, 15) is 0 Å². The first kappa shape index (κ1) is 14.0. The first-order valence-electron chi connectivity index (χ1n) is 7.10. The summed E-state index contributed by atoms with van der Waals surface area (Å²) in [6, 6.07) is 17.1. The van der Waals surface area contributed by atoms with Gasteiger partial charge in [-0.2, -0.15) is 0 Å². The molecule has 0 atom stereocenters. The van der Waals surface area contributed by atoms with Gasteiger partial charge in [-0.3, -0.25) is 0 Å². The maximum absolute atomic E-state index is 7.09. The van der Waals surface area contributed by atoms with E-state index in [0.717, 1.165) is 0 Å². The van der Waals surface area contributed by atoms with Crippen molar-refractivity contribution in [2.75, 3.05) is 0 Å². The number of fused-ring (bicyclic) bond motifs is 3. The molecule has 0 saturated carbocycles. The Hall–Kier alpha value is -0.630. The van der Waals surface area contributed by atoms with Crippen LogP contribution in [-0.2, 0) is 17.6 Å². The Morgan fingerprint density at radius 2 is 1.19 bits per heavy atom. The van der Waals surface area contributed by atoms with Crippen LogP contribution in [0.2, 0.25) is 3.67 Å². The molecule has 21 heavy (non-hydrogen) atoms. The molecule has 2 aliphatic carbocycles. The van der Waals surface area contributed by atoms with Gasteiger partial charge in [0.15, 0.2) is 0 Å². The van der Waals surface area contributed by atoms with Crippen LogP contribution in [0.25, 0.3) is 11.1 Å². The fraction of sp³-hybridized carbons (Fsp3) is 0.111. The van der Waals surface area contributed by atoms with E-state index < -0.39 is 17.6 Å². The molecule has 3 heteroatoms. The normalized spacial score (nSPS) is 17.2. The van der Waals surface area contributed by atoms with Gasteiger partial charge in [-0.1, -0.05) is 0 Å². The Morgan fingerprint density at radius 1 is 0.714 bits per heavy atom. The SMILES string of the molecule is [Cl][Hf]([Cl])([CH]1C=CC=C1)[CH]1c2ccccc2-c2ccccc21. The van der Waals surface area contributed by atoms with Gasteiger partial charge >= 0.3 is 137 Å².